The maximum atomic E-state index is 5.94. The SMILES string of the molecule is c1cncc(C2CC(NCC3CCc4ccccc43)CCO2)c1. The Bertz CT molecular complexity index is 643. The summed E-state index contributed by atoms with van der Waals surface area (Å²) in [7, 11) is 0. The normalized spacial score (nSPS) is 26.9. The van der Waals surface area contributed by atoms with Gasteiger partial charge in [0.1, 0.15) is 0 Å². The number of fused-ring (bicyclic) bond motifs is 1. The molecule has 0 saturated carbocycles. The van der Waals surface area contributed by atoms with Crippen LogP contribution in [0.5, 0.6) is 0 Å². The number of pyridine rings is 1. The molecule has 3 heteroatoms. The number of hydrogen-bond donors (Lipinski definition) is 1. The van der Waals surface area contributed by atoms with E-state index in [4.69, 9.17) is 4.74 Å². The quantitative estimate of drug-likeness (QED) is 0.936. The number of aromatic nitrogens is 1. The van der Waals surface area contributed by atoms with Gasteiger partial charge in [0.2, 0.25) is 0 Å². The van der Waals surface area contributed by atoms with Crippen molar-refractivity contribution in [2.45, 2.75) is 43.7 Å². The van der Waals surface area contributed by atoms with Crippen LogP contribution in [-0.4, -0.2) is 24.2 Å². The average Bonchev–Trinajstić information content (AvgIpc) is 3.04. The summed E-state index contributed by atoms with van der Waals surface area (Å²) >= 11 is 0. The van der Waals surface area contributed by atoms with Gasteiger partial charge in [-0.2, -0.15) is 0 Å². The van der Waals surface area contributed by atoms with Crippen LogP contribution >= 0.6 is 0 Å². The molecule has 0 amide bonds. The predicted octanol–water partition coefficient (Wildman–Crippen LogP) is 3.62. The van der Waals surface area contributed by atoms with Crippen LogP contribution in [0, 0.1) is 0 Å². The Balaban J connectivity index is 1.35. The Morgan fingerprint density at radius 2 is 2.09 bits per heavy atom. The zero-order valence-electron chi connectivity index (χ0n) is 13.4. The molecule has 3 unspecified atom stereocenters. The van der Waals surface area contributed by atoms with Gasteiger partial charge in [0.15, 0.2) is 0 Å². The molecule has 0 bridgehead atoms. The molecule has 1 saturated heterocycles. The number of ether oxygens (including phenoxy) is 1. The molecule has 0 radical (unpaired) electrons. The van der Waals surface area contributed by atoms with Crippen molar-refractivity contribution in [3.8, 4) is 0 Å². The molecule has 1 aliphatic carbocycles. The van der Waals surface area contributed by atoms with Crippen LogP contribution in [0.4, 0.5) is 0 Å². The number of nitrogens with zero attached hydrogens (tertiary/aromatic N) is 1. The molecule has 1 aromatic heterocycles. The lowest BCUT2D eigenvalue weighted by molar-refractivity contribution is -0.0000961. The minimum absolute atomic E-state index is 0.186. The first-order valence-corrected chi connectivity index (χ1v) is 8.73. The summed E-state index contributed by atoms with van der Waals surface area (Å²) < 4.78 is 5.94. The lowest BCUT2D eigenvalue weighted by atomic mass is 9.96. The van der Waals surface area contributed by atoms with E-state index in [1.165, 1.54) is 18.4 Å². The fourth-order valence-corrected chi connectivity index (χ4v) is 3.95. The summed E-state index contributed by atoms with van der Waals surface area (Å²) in [6, 6.07) is 13.6. The van der Waals surface area contributed by atoms with Gasteiger partial charge in [0.05, 0.1) is 6.10 Å². The standard InChI is InChI=1S/C20H24N2O/c1-2-6-19-15(4-1)7-8-16(19)14-22-18-9-11-23-20(12-18)17-5-3-10-21-13-17/h1-6,10,13,16,18,20,22H,7-9,11-12,14H2. The van der Waals surface area contributed by atoms with Gasteiger partial charge < -0.3 is 10.1 Å². The van der Waals surface area contributed by atoms with E-state index in [1.807, 2.05) is 18.5 Å². The summed E-state index contributed by atoms with van der Waals surface area (Å²) in [4.78, 5) is 4.22. The van der Waals surface area contributed by atoms with Crippen molar-refractivity contribution in [3.63, 3.8) is 0 Å². The smallest absolute Gasteiger partial charge is 0.0854 e. The number of nitrogens with one attached hydrogen (secondary N) is 1. The first kappa shape index (κ1) is 14.9. The summed E-state index contributed by atoms with van der Waals surface area (Å²) in [5, 5.41) is 3.80. The van der Waals surface area contributed by atoms with Gasteiger partial charge in [0.25, 0.3) is 0 Å². The van der Waals surface area contributed by atoms with Crippen molar-refractivity contribution in [2.75, 3.05) is 13.2 Å². The van der Waals surface area contributed by atoms with Crippen molar-refractivity contribution >= 4 is 0 Å². The molecule has 2 aromatic rings. The number of hydrogen-bond acceptors (Lipinski definition) is 3. The van der Waals surface area contributed by atoms with Crippen molar-refractivity contribution < 1.29 is 4.74 Å². The van der Waals surface area contributed by atoms with Crippen LogP contribution in [0.15, 0.2) is 48.8 Å². The van der Waals surface area contributed by atoms with Gasteiger partial charge in [-0.05, 0) is 54.4 Å². The molecule has 3 nitrogen and oxygen atoms in total. The zero-order chi connectivity index (χ0) is 15.5. The second-order valence-electron chi connectivity index (χ2n) is 6.71. The maximum absolute atomic E-state index is 5.94. The first-order chi connectivity index (χ1) is 11.4. The van der Waals surface area contributed by atoms with Gasteiger partial charge in [0, 0.05) is 31.6 Å². The Hall–Kier alpha value is -1.71. The van der Waals surface area contributed by atoms with Crippen molar-refractivity contribution in [1.82, 2.24) is 10.3 Å². The molecule has 2 heterocycles. The number of aryl methyl sites for hydroxylation is 1. The molecule has 3 atom stereocenters. The van der Waals surface area contributed by atoms with Gasteiger partial charge >= 0.3 is 0 Å². The molecular weight excluding hydrogens is 284 g/mol. The van der Waals surface area contributed by atoms with Gasteiger partial charge in [-0.1, -0.05) is 30.3 Å². The maximum Gasteiger partial charge on any atom is 0.0854 e. The zero-order valence-corrected chi connectivity index (χ0v) is 13.4. The van der Waals surface area contributed by atoms with Crippen LogP contribution in [-0.2, 0) is 11.2 Å². The van der Waals surface area contributed by atoms with Crippen molar-refractivity contribution in [2.24, 2.45) is 0 Å². The summed E-state index contributed by atoms with van der Waals surface area (Å²) in [5.41, 5.74) is 4.29. The molecule has 1 aromatic carbocycles. The topological polar surface area (TPSA) is 34.2 Å². The molecule has 2 aliphatic rings. The minimum Gasteiger partial charge on any atom is -0.373 e. The van der Waals surface area contributed by atoms with Gasteiger partial charge in [-0.15, -0.1) is 0 Å². The Morgan fingerprint density at radius 3 is 3.00 bits per heavy atom. The minimum atomic E-state index is 0.186. The molecule has 1 N–H and O–H groups in total. The lowest BCUT2D eigenvalue weighted by Gasteiger charge is -2.31. The molecule has 4 rings (SSSR count). The van der Waals surface area contributed by atoms with Crippen molar-refractivity contribution in [1.29, 1.82) is 0 Å². The van der Waals surface area contributed by atoms with E-state index in [2.05, 4.69) is 40.6 Å². The van der Waals surface area contributed by atoms with E-state index >= 15 is 0 Å². The van der Waals surface area contributed by atoms with E-state index in [0.29, 0.717) is 12.0 Å². The third-order valence-corrected chi connectivity index (χ3v) is 5.25. The monoisotopic (exact) mass is 308 g/mol. The third-order valence-electron chi connectivity index (χ3n) is 5.25. The summed E-state index contributed by atoms with van der Waals surface area (Å²) in [6.07, 6.45) is 8.59. The highest BCUT2D eigenvalue weighted by molar-refractivity contribution is 5.35. The Kier molecular flexibility index (Phi) is 4.40. The van der Waals surface area contributed by atoms with E-state index in [1.54, 1.807) is 11.1 Å². The van der Waals surface area contributed by atoms with Crippen molar-refractivity contribution in [3.05, 3.63) is 65.5 Å². The van der Waals surface area contributed by atoms with E-state index in [9.17, 15) is 0 Å². The molecule has 1 aliphatic heterocycles. The summed E-state index contributed by atoms with van der Waals surface area (Å²) in [5.74, 6) is 0.672. The highest BCUT2D eigenvalue weighted by Crippen LogP contribution is 2.33. The fraction of sp³-hybridized carbons (Fsp3) is 0.450. The molecule has 23 heavy (non-hydrogen) atoms. The highest BCUT2D eigenvalue weighted by atomic mass is 16.5. The Morgan fingerprint density at radius 1 is 1.13 bits per heavy atom. The lowest BCUT2D eigenvalue weighted by Crippen LogP contribution is -2.38. The van der Waals surface area contributed by atoms with Crippen LogP contribution in [0.3, 0.4) is 0 Å². The predicted molar refractivity (Wildman–Crippen MR) is 91.5 cm³/mol. The Labute approximate surface area is 138 Å². The van der Waals surface area contributed by atoms with Crippen LogP contribution < -0.4 is 5.32 Å². The molecular formula is C20H24N2O. The first-order valence-electron chi connectivity index (χ1n) is 8.73. The van der Waals surface area contributed by atoms with E-state index in [0.717, 1.165) is 26.0 Å². The third kappa shape index (κ3) is 3.31. The largest absolute Gasteiger partial charge is 0.373 e. The molecule has 0 spiro atoms. The fourth-order valence-electron chi connectivity index (χ4n) is 3.95. The second-order valence-corrected chi connectivity index (χ2v) is 6.71. The van der Waals surface area contributed by atoms with Crippen LogP contribution in [0.2, 0.25) is 0 Å². The average molecular weight is 308 g/mol. The van der Waals surface area contributed by atoms with Crippen LogP contribution in [0.1, 0.15) is 48.0 Å². The number of rotatable bonds is 4. The van der Waals surface area contributed by atoms with E-state index in [-0.39, 0.29) is 6.10 Å². The second kappa shape index (κ2) is 6.81. The van der Waals surface area contributed by atoms with E-state index < -0.39 is 0 Å². The van der Waals surface area contributed by atoms with Gasteiger partial charge in [-0.3, -0.25) is 4.98 Å². The molecule has 1 fully saturated rings. The molecule has 120 valence electrons. The van der Waals surface area contributed by atoms with Gasteiger partial charge in [-0.25, -0.2) is 0 Å². The summed E-state index contributed by atoms with van der Waals surface area (Å²) in [6.45, 7) is 1.92. The number of benzene rings is 1. The van der Waals surface area contributed by atoms with Crippen LogP contribution in [0.25, 0.3) is 0 Å². The highest BCUT2D eigenvalue weighted by Gasteiger charge is 2.26.